The Morgan fingerprint density at radius 1 is 0.808 bits per heavy atom. The van der Waals surface area contributed by atoms with E-state index in [4.69, 9.17) is 4.42 Å². The van der Waals surface area contributed by atoms with Crippen LogP contribution in [0.3, 0.4) is 0 Å². The average Bonchev–Trinajstić information content (AvgIpc) is 3.14. The maximum Gasteiger partial charge on any atom is 0.316 e. The summed E-state index contributed by atoms with van der Waals surface area (Å²) in [6.45, 7) is 0. The summed E-state index contributed by atoms with van der Waals surface area (Å²) < 4.78 is 5.94. The van der Waals surface area contributed by atoms with Crippen LogP contribution in [-0.2, 0) is 0 Å². The third kappa shape index (κ3) is 3.52. The molecule has 0 aliphatic carbocycles. The van der Waals surface area contributed by atoms with E-state index in [9.17, 15) is 0 Å². The number of nitrogens with one attached hydrogen (secondary N) is 1. The minimum Gasteiger partial charge on any atom is -0.422 e. The molecule has 0 radical (unpaired) electrons. The molecule has 0 aliphatic heterocycles. The lowest BCUT2D eigenvalue weighted by Gasteiger charge is -2.00. The summed E-state index contributed by atoms with van der Waals surface area (Å²) in [6.07, 6.45) is 5.12. The van der Waals surface area contributed by atoms with Crippen molar-refractivity contribution in [1.29, 1.82) is 0 Å². The number of nitrogens with zero attached hydrogens (tertiary/aromatic N) is 3. The second kappa shape index (κ2) is 7.44. The molecular formula is C21H16N4O. The van der Waals surface area contributed by atoms with Crippen molar-refractivity contribution >= 4 is 12.2 Å². The molecule has 2 aromatic carbocycles. The smallest absolute Gasteiger partial charge is 0.316 e. The fourth-order valence-corrected chi connectivity index (χ4v) is 2.56. The van der Waals surface area contributed by atoms with Crippen molar-refractivity contribution in [3.8, 4) is 22.6 Å². The Hall–Kier alpha value is -3.73. The summed E-state index contributed by atoms with van der Waals surface area (Å²) in [5.74, 6) is 0.707. The molecule has 0 spiro atoms. The molecule has 26 heavy (non-hydrogen) atoms. The van der Waals surface area contributed by atoms with E-state index in [-0.39, 0.29) is 0 Å². The van der Waals surface area contributed by atoms with Crippen LogP contribution in [0.2, 0.25) is 0 Å². The molecule has 126 valence electrons. The second-order valence-electron chi connectivity index (χ2n) is 5.58. The summed E-state index contributed by atoms with van der Waals surface area (Å²) in [5.41, 5.74) is 6.53. The van der Waals surface area contributed by atoms with E-state index in [1.54, 1.807) is 18.6 Å². The molecule has 2 heterocycles. The average molecular weight is 340 g/mol. The Kier molecular flexibility index (Phi) is 4.52. The normalized spacial score (nSPS) is 10.9. The van der Waals surface area contributed by atoms with Crippen molar-refractivity contribution in [3.63, 3.8) is 0 Å². The van der Waals surface area contributed by atoms with E-state index >= 15 is 0 Å². The number of aromatic nitrogens is 2. The highest BCUT2D eigenvalue weighted by Crippen LogP contribution is 2.34. The van der Waals surface area contributed by atoms with Crippen molar-refractivity contribution in [3.05, 3.63) is 90.8 Å². The van der Waals surface area contributed by atoms with Gasteiger partial charge < -0.3 is 4.42 Å². The van der Waals surface area contributed by atoms with Crippen molar-refractivity contribution in [2.75, 3.05) is 5.43 Å². The fourth-order valence-electron chi connectivity index (χ4n) is 2.56. The van der Waals surface area contributed by atoms with Gasteiger partial charge in [-0.2, -0.15) is 10.1 Å². The van der Waals surface area contributed by atoms with Gasteiger partial charge in [0.05, 0.1) is 6.21 Å². The molecule has 5 nitrogen and oxygen atoms in total. The molecule has 0 amide bonds. The van der Waals surface area contributed by atoms with Crippen LogP contribution in [0.4, 0.5) is 6.01 Å². The van der Waals surface area contributed by atoms with E-state index in [2.05, 4.69) is 20.5 Å². The predicted molar refractivity (Wildman–Crippen MR) is 103 cm³/mol. The number of oxazole rings is 1. The van der Waals surface area contributed by atoms with Crippen molar-refractivity contribution in [2.45, 2.75) is 0 Å². The third-order valence-corrected chi connectivity index (χ3v) is 3.79. The molecule has 0 saturated heterocycles. The van der Waals surface area contributed by atoms with Crippen LogP contribution in [0, 0.1) is 0 Å². The molecule has 0 unspecified atom stereocenters. The van der Waals surface area contributed by atoms with Crippen LogP contribution in [-0.4, -0.2) is 16.2 Å². The van der Waals surface area contributed by atoms with Crippen LogP contribution < -0.4 is 5.43 Å². The van der Waals surface area contributed by atoms with Gasteiger partial charge in [0.1, 0.15) is 5.69 Å². The van der Waals surface area contributed by atoms with E-state index in [0.717, 1.165) is 22.4 Å². The Labute approximate surface area is 151 Å². The Morgan fingerprint density at radius 2 is 1.46 bits per heavy atom. The Bertz CT molecular complexity index is 939. The molecule has 4 aromatic rings. The van der Waals surface area contributed by atoms with Crippen molar-refractivity contribution < 1.29 is 4.42 Å². The van der Waals surface area contributed by atoms with Gasteiger partial charge in [-0.1, -0.05) is 60.7 Å². The van der Waals surface area contributed by atoms with Gasteiger partial charge in [0.2, 0.25) is 0 Å². The van der Waals surface area contributed by atoms with Gasteiger partial charge in [-0.3, -0.25) is 4.98 Å². The SMILES string of the molecule is C(=N\Nc1nc(-c2ccccc2)c(-c2ccccc2)o1)/c1ccncc1. The summed E-state index contributed by atoms with van der Waals surface area (Å²) in [7, 11) is 0. The minimum absolute atomic E-state index is 0.341. The second-order valence-corrected chi connectivity index (χ2v) is 5.58. The van der Waals surface area contributed by atoms with E-state index in [0.29, 0.717) is 11.8 Å². The van der Waals surface area contributed by atoms with Gasteiger partial charge in [0.25, 0.3) is 0 Å². The third-order valence-electron chi connectivity index (χ3n) is 3.79. The number of rotatable bonds is 5. The number of hydrogen-bond acceptors (Lipinski definition) is 5. The first-order chi connectivity index (χ1) is 12.9. The maximum atomic E-state index is 5.94. The monoisotopic (exact) mass is 340 g/mol. The molecule has 4 rings (SSSR count). The molecular weight excluding hydrogens is 324 g/mol. The van der Waals surface area contributed by atoms with Gasteiger partial charge in [0, 0.05) is 23.5 Å². The van der Waals surface area contributed by atoms with Gasteiger partial charge in [0.15, 0.2) is 5.76 Å². The van der Waals surface area contributed by atoms with Crippen molar-refractivity contribution in [2.24, 2.45) is 5.10 Å². The molecule has 0 atom stereocenters. The molecule has 0 saturated carbocycles. The maximum absolute atomic E-state index is 5.94. The van der Waals surface area contributed by atoms with Gasteiger partial charge in [-0.05, 0) is 17.7 Å². The summed E-state index contributed by atoms with van der Waals surface area (Å²) in [4.78, 5) is 8.56. The topological polar surface area (TPSA) is 63.3 Å². The number of benzene rings is 2. The highest BCUT2D eigenvalue weighted by atomic mass is 16.4. The number of hydrogen-bond donors (Lipinski definition) is 1. The van der Waals surface area contributed by atoms with E-state index in [1.165, 1.54) is 0 Å². The first kappa shape index (κ1) is 15.8. The van der Waals surface area contributed by atoms with E-state index in [1.807, 2.05) is 72.8 Å². The van der Waals surface area contributed by atoms with Crippen molar-refractivity contribution in [1.82, 2.24) is 9.97 Å². The Balaban J connectivity index is 1.66. The minimum atomic E-state index is 0.341. The van der Waals surface area contributed by atoms with Gasteiger partial charge in [-0.15, -0.1) is 0 Å². The largest absolute Gasteiger partial charge is 0.422 e. The molecule has 0 fully saturated rings. The molecule has 5 heteroatoms. The zero-order chi connectivity index (χ0) is 17.6. The lowest BCUT2D eigenvalue weighted by molar-refractivity contribution is 0.587. The fraction of sp³-hybridized carbons (Fsp3) is 0. The van der Waals surface area contributed by atoms with Gasteiger partial charge in [-0.25, -0.2) is 5.43 Å². The molecule has 2 aromatic heterocycles. The number of anilines is 1. The zero-order valence-corrected chi connectivity index (χ0v) is 13.9. The quantitative estimate of drug-likeness (QED) is 0.417. The Morgan fingerprint density at radius 3 is 2.15 bits per heavy atom. The summed E-state index contributed by atoms with van der Waals surface area (Å²) >= 11 is 0. The molecule has 0 aliphatic rings. The number of pyridine rings is 1. The van der Waals surface area contributed by atoms with Crippen LogP contribution in [0.25, 0.3) is 22.6 Å². The first-order valence-corrected chi connectivity index (χ1v) is 8.21. The zero-order valence-electron chi connectivity index (χ0n) is 13.9. The van der Waals surface area contributed by atoms with Gasteiger partial charge >= 0.3 is 6.01 Å². The van der Waals surface area contributed by atoms with E-state index < -0.39 is 0 Å². The molecule has 0 bridgehead atoms. The van der Waals surface area contributed by atoms with Crippen LogP contribution in [0.1, 0.15) is 5.56 Å². The highest BCUT2D eigenvalue weighted by molar-refractivity contribution is 5.80. The number of hydrazone groups is 1. The lowest BCUT2D eigenvalue weighted by atomic mass is 10.1. The van der Waals surface area contributed by atoms with Crippen LogP contribution >= 0.6 is 0 Å². The highest BCUT2D eigenvalue weighted by Gasteiger charge is 2.16. The standard InChI is InChI=1S/C21H16N4O/c1-3-7-17(8-4-1)19-20(18-9-5-2-6-10-18)26-21(24-19)25-23-15-16-11-13-22-14-12-16/h1-15H,(H,24,25)/b23-15+. The van der Waals surface area contributed by atoms with Crippen LogP contribution in [0.15, 0.2) is 94.7 Å². The molecule has 1 N–H and O–H groups in total. The lowest BCUT2D eigenvalue weighted by Crippen LogP contribution is -1.90. The predicted octanol–water partition coefficient (Wildman–Crippen LogP) is 4.85. The first-order valence-electron chi connectivity index (χ1n) is 8.21. The summed E-state index contributed by atoms with van der Waals surface area (Å²) in [6, 6.07) is 23.9. The van der Waals surface area contributed by atoms with Crippen LogP contribution in [0.5, 0.6) is 0 Å². The summed E-state index contributed by atoms with van der Waals surface area (Å²) in [5, 5.41) is 4.19.